The van der Waals surface area contributed by atoms with E-state index in [1.165, 1.54) is 0 Å². The lowest BCUT2D eigenvalue weighted by atomic mass is 10.3. The number of rotatable bonds is 1. The number of amidine groups is 1. The number of aromatic nitrogens is 2. The van der Waals surface area contributed by atoms with Crippen molar-refractivity contribution < 1.29 is 4.79 Å². The van der Waals surface area contributed by atoms with Gasteiger partial charge in [0, 0.05) is 0 Å². The van der Waals surface area contributed by atoms with Crippen LogP contribution in [-0.2, 0) is 0 Å². The van der Waals surface area contributed by atoms with Crippen molar-refractivity contribution in [3.05, 3.63) is 11.4 Å². The molecule has 0 aromatic carbocycles. The lowest BCUT2D eigenvalue weighted by Gasteiger charge is -2.07. The zero-order chi connectivity index (χ0) is 12.3. The van der Waals surface area contributed by atoms with Crippen LogP contribution in [0.2, 0.25) is 0 Å². The minimum Gasteiger partial charge on any atom is -0.382 e. The number of thioether (sulfide) groups is 1. The van der Waals surface area contributed by atoms with Gasteiger partial charge >= 0.3 is 0 Å². The lowest BCUT2D eigenvalue weighted by molar-refractivity contribution is 0.0973. The van der Waals surface area contributed by atoms with E-state index in [0.717, 1.165) is 11.8 Å². The van der Waals surface area contributed by atoms with E-state index in [0.29, 0.717) is 5.69 Å². The van der Waals surface area contributed by atoms with Crippen LogP contribution in [0.25, 0.3) is 0 Å². The maximum Gasteiger partial charge on any atom is 0.279 e. The van der Waals surface area contributed by atoms with Gasteiger partial charge in [0.05, 0.1) is 5.69 Å². The zero-order valence-electron chi connectivity index (χ0n) is 8.87. The van der Waals surface area contributed by atoms with E-state index >= 15 is 0 Å². The molecule has 0 aliphatic carbocycles. The summed E-state index contributed by atoms with van der Waals surface area (Å²) in [7, 11) is 0. The fraction of sp³-hybridized carbons (Fsp3) is 0.250. The molecule has 8 heteroatoms. The van der Waals surface area contributed by atoms with Crippen molar-refractivity contribution >= 4 is 34.5 Å². The van der Waals surface area contributed by atoms with Crippen LogP contribution in [-0.4, -0.2) is 27.3 Å². The van der Waals surface area contributed by atoms with Crippen LogP contribution in [0.5, 0.6) is 0 Å². The molecule has 86 valence electrons. The van der Waals surface area contributed by atoms with Gasteiger partial charge in [-0.25, -0.2) is 9.97 Å². The van der Waals surface area contributed by atoms with Crippen LogP contribution in [0.1, 0.15) is 16.2 Å². The van der Waals surface area contributed by atoms with Crippen molar-refractivity contribution in [2.45, 2.75) is 6.92 Å². The highest BCUT2D eigenvalue weighted by Crippen LogP contribution is 2.11. The molecular weight excluding hydrogens is 228 g/mol. The first-order chi connectivity index (χ1) is 7.45. The van der Waals surface area contributed by atoms with Gasteiger partial charge in [-0.1, -0.05) is 11.8 Å². The number of anilines is 2. The second kappa shape index (κ2) is 4.79. The van der Waals surface area contributed by atoms with Crippen LogP contribution in [0, 0.1) is 12.3 Å². The van der Waals surface area contributed by atoms with Gasteiger partial charge in [0.15, 0.2) is 16.7 Å². The molecule has 16 heavy (non-hydrogen) atoms. The van der Waals surface area contributed by atoms with Crippen LogP contribution >= 0.6 is 11.8 Å². The average molecular weight is 240 g/mol. The average Bonchev–Trinajstić information content (AvgIpc) is 2.23. The first kappa shape index (κ1) is 12.2. The molecule has 0 atom stereocenters. The van der Waals surface area contributed by atoms with Gasteiger partial charge in [-0.05, 0) is 13.2 Å². The number of nitrogen functional groups attached to an aromatic ring is 2. The summed E-state index contributed by atoms with van der Waals surface area (Å²) in [5, 5.41) is 9.63. The SMILES string of the molecule is CSC(=N)NC(=O)c1nc(C)c(N)nc1N. The maximum atomic E-state index is 11.6. The molecule has 0 bridgehead atoms. The Labute approximate surface area is 96.5 Å². The highest BCUT2D eigenvalue weighted by atomic mass is 32.2. The summed E-state index contributed by atoms with van der Waals surface area (Å²) in [6.45, 7) is 1.62. The van der Waals surface area contributed by atoms with Crippen molar-refractivity contribution in [1.82, 2.24) is 15.3 Å². The second-order valence-electron chi connectivity index (χ2n) is 2.92. The minimum atomic E-state index is -0.563. The minimum absolute atomic E-state index is 0.0145. The third kappa shape index (κ3) is 2.60. The molecule has 7 nitrogen and oxygen atoms in total. The molecule has 0 spiro atoms. The molecule has 1 aromatic rings. The predicted octanol–water partition coefficient (Wildman–Crippen LogP) is -0.0230. The first-order valence-electron chi connectivity index (χ1n) is 4.29. The number of nitrogens with zero attached hydrogens (tertiary/aromatic N) is 2. The van der Waals surface area contributed by atoms with Crippen LogP contribution in [0.15, 0.2) is 0 Å². The number of hydrogen-bond donors (Lipinski definition) is 4. The Hall–Kier alpha value is -1.83. The fourth-order valence-corrected chi connectivity index (χ4v) is 1.12. The highest BCUT2D eigenvalue weighted by molar-refractivity contribution is 8.13. The Morgan fingerprint density at radius 2 is 2.00 bits per heavy atom. The second-order valence-corrected chi connectivity index (χ2v) is 3.73. The number of nitrogens with one attached hydrogen (secondary N) is 2. The van der Waals surface area contributed by atoms with Crippen LogP contribution < -0.4 is 16.8 Å². The van der Waals surface area contributed by atoms with E-state index in [9.17, 15) is 4.79 Å². The van der Waals surface area contributed by atoms with Gasteiger partial charge in [-0.2, -0.15) is 0 Å². The van der Waals surface area contributed by atoms with Crippen molar-refractivity contribution in [1.29, 1.82) is 5.41 Å². The standard InChI is InChI=1S/C8H12N6OS/c1-3-5(9)13-6(10)4(12-3)7(15)14-8(11)16-2/h1-2H3,(H4,9,10,13)(H2,11,14,15). The number of nitrogens with two attached hydrogens (primary N) is 2. The molecule has 1 rings (SSSR count). The van der Waals surface area contributed by atoms with Gasteiger partial charge in [0.25, 0.3) is 5.91 Å². The molecule has 0 aliphatic rings. The third-order valence-electron chi connectivity index (χ3n) is 1.78. The summed E-state index contributed by atoms with van der Waals surface area (Å²) in [6, 6.07) is 0. The Morgan fingerprint density at radius 3 is 2.56 bits per heavy atom. The highest BCUT2D eigenvalue weighted by Gasteiger charge is 2.15. The predicted molar refractivity (Wildman–Crippen MR) is 64.3 cm³/mol. The van der Waals surface area contributed by atoms with Gasteiger partial charge in [0.1, 0.15) is 5.82 Å². The number of aryl methyl sites for hydroxylation is 1. The van der Waals surface area contributed by atoms with E-state index in [4.69, 9.17) is 16.9 Å². The zero-order valence-corrected chi connectivity index (χ0v) is 9.68. The van der Waals surface area contributed by atoms with E-state index in [2.05, 4.69) is 15.3 Å². The molecule has 0 radical (unpaired) electrons. The monoisotopic (exact) mass is 240 g/mol. The molecule has 0 fully saturated rings. The van der Waals surface area contributed by atoms with Gasteiger partial charge < -0.3 is 16.8 Å². The van der Waals surface area contributed by atoms with E-state index in [1.54, 1.807) is 13.2 Å². The molecule has 0 aliphatic heterocycles. The Balaban J connectivity index is 3.00. The summed E-state index contributed by atoms with van der Waals surface area (Å²) in [5.74, 6) is -0.420. The molecular formula is C8H12N6OS. The molecule has 0 saturated heterocycles. The molecule has 0 saturated carbocycles. The number of carbonyl (C=O) groups is 1. The molecule has 6 N–H and O–H groups in total. The lowest BCUT2D eigenvalue weighted by Crippen LogP contribution is -2.29. The number of amides is 1. The molecule has 0 unspecified atom stereocenters. The van der Waals surface area contributed by atoms with E-state index < -0.39 is 5.91 Å². The number of hydrogen-bond acceptors (Lipinski definition) is 7. The normalized spacial score (nSPS) is 9.88. The summed E-state index contributed by atoms with van der Waals surface area (Å²) in [5.41, 5.74) is 11.4. The van der Waals surface area contributed by atoms with Crippen molar-refractivity contribution in [2.24, 2.45) is 0 Å². The van der Waals surface area contributed by atoms with E-state index in [1.807, 2.05) is 0 Å². The van der Waals surface area contributed by atoms with Crippen LogP contribution in [0.4, 0.5) is 11.6 Å². The van der Waals surface area contributed by atoms with Gasteiger partial charge in [0.2, 0.25) is 0 Å². The Bertz CT molecular complexity index is 446. The summed E-state index contributed by atoms with van der Waals surface area (Å²) >= 11 is 1.10. The molecule has 1 amide bonds. The van der Waals surface area contributed by atoms with Crippen LogP contribution in [0.3, 0.4) is 0 Å². The summed E-state index contributed by atoms with van der Waals surface area (Å²) < 4.78 is 0. The number of carbonyl (C=O) groups excluding carboxylic acids is 1. The quantitative estimate of drug-likeness (QED) is 0.403. The molecule has 1 heterocycles. The first-order valence-corrected chi connectivity index (χ1v) is 5.51. The van der Waals surface area contributed by atoms with Crippen molar-refractivity contribution in [2.75, 3.05) is 17.7 Å². The van der Waals surface area contributed by atoms with Crippen molar-refractivity contribution in [3.8, 4) is 0 Å². The third-order valence-corrected chi connectivity index (χ3v) is 2.29. The topological polar surface area (TPSA) is 131 Å². The van der Waals surface area contributed by atoms with E-state index in [-0.39, 0.29) is 22.5 Å². The maximum absolute atomic E-state index is 11.6. The fourth-order valence-electron chi connectivity index (χ4n) is 0.926. The van der Waals surface area contributed by atoms with Gasteiger partial charge in [-0.3, -0.25) is 10.2 Å². The summed E-state index contributed by atoms with van der Waals surface area (Å²) in [6.07, 6.45) is 1.67. The van der Waals surface area contributed by atoms with Gasteiger partial charge in [-0.15, -0.1) is 0 Å². The Kier molecular flexibility index (Phi) is 3.67. The molecule has 1 aromatic heterocycles. The van der Waals surface area contributed by atoms with Crippen molar-refractivity contribution in [3.63, 3.8) is 0 Å². The summed E-state index contributed by atoms with van der Waals surface area (Å²) in [4.78, 5) is 19.3. The largest absolute Gasteiger partial charge is 0.382 e. The Morgan fingerprint density at radius 1 is 1.38 bits per heavy atom. The smallest absolute Gasteiger partial charge is 0.279 e.